The zero-order chi connectivity index (χ0) is 39.3. The van der Waals surface area contributed by atoms with E-state index in [2.05, 4.69) is 101 Å². The lowest BCUT2D eigenvalue weighted by molar-refractivity contribution is -0.662. The van der Waals surface area contributed by atoms with E-state index >= 15 is 0 Å². The third-order valence-corrected chi connectivity index (χ3v) is 9.94. The molecule has 0 fully saturated rings. The van der Waals surface area contributed by atoms with Crippen LogP contribution in [0.25, 0.3) is 43.6 Å². The van der Waals surface area contributed by atoms with Crippen molar-refractivity contribution < 1.29 is 18.7 Å². The van der Waals surface area contributed by atoms with Crippen molar-refractivity contribution in [2.24, 2.45) is 10.2 Å². The number of carbonyl (C=O) groups is 2. The molecule has 0 aliphatic rings. The van der Waals surface area contributed by atoms with Gasteiger partial charge in [-0.25, -0.2) is 20.8 Å². The molecule has 9 rings (SSSR count). The van der Waals surface area contributed by atoms with Crippen LogP contribution in [0.2, 0.25) is 0 Å². The Labute approximate surface area is 333 Å². The molecule has 0 saturated carbocycles. The number of hydrogen-bond acceptors (Lipinski definition) is 6. The molecule has 0 bridgehead atoms. The molecule has 2 amide bonds. The summed E-state index contributed by atoms with van der Waals surface area (Å²) in [6.45, 7) is 1.52. The van der Waals surface area contributed by atoms with Crippen molar-refractivity contribution in [3.63, 3.8) is 0 Å². The average Bonchev–Trinajstić information content (AvgIpc) is 3.26. The van der Waals surface area contributed by atoms with E-state index < -0.39 is 11.8 Å². The first kappa shape index (κ1) is 35.7. The molecule has 4 aromatic heterocycles. The topological polar surface area (TPSA) is 116 Å². The van der Waals surface area contributed by atoms with Crippen LogP contribution in [0.4, 0.5) is 0 Å². The minimum atomic E-state index is -0.473. The van der Waals surface area contributed by atoms with Crippen LogP contribution in [0.3, 0.4) is 0 Å². The van der Waals surface area contributed by atoms with Gasteiger partial charge in [-0.3, -0.25) is 9.59 Å². The van der Waals surface area contributed by atoms with Gasteiger partial charge in [0.1, 0.15) is 11.4 Å². The molecule has 9 aromatic rings. The van der Waals surface area contributed by atoms with Gasteiger partial charge in [0.25, 0.3) is 11.8 Å². The fraction of sp³-hybridized carbons (Fsp3) is 0.0417. The van der Waals surface area contributed by atoms with Gasteiger partial charge in [0.05, 0.1) is 23.5 Å². The Morgan fingerprint density at radius 2 is 0.914 bits per heavy atom. The molecule has 2 N–H and O–H groups in total. The fourth-order valence-corrected chi connectivity index (χ4v) is 7.06. The molecule has 0 radical (unpaired) electrons. The third-order valence-electron chi connectivity index (χ3n) is 9.94. The molecule has 58 heavy (non-hydrogen) atoms. The van der Waals surface area contributed by atoms with E-state index in [1.165, 1.54) is 11.1 Å². The maximum Gasteiger partial charge on any atom is 0.289 e. The number of nitrogens with one attached hydrogen (secondary N) is 2. The number of pyridine rings is 4. The Bertz CT molecular complexity index is 2850. The van der Waals surface area contributed by atoms with Crippen LogP contribution < -0.4 is 20.0 Å². The van der Waals surface area contributed by atoms with Crippen LogP contribution in [0.1, 0.15) is 43.2 Å². The number of hydrazone groups is 2. The summed E-state index contributed by atoms with van der Waals surface area (Å²) < 4.78 is 4.41. The number of amides is 2. The van der Waals surface area contributed by atoms with Gasteiger partial charge < -0.3 is 0 Å². The smallest absolute Gasteiger partial charge is 0.266 e. The van der Waals surface area contributed by atoms with E-state index in [4.69, 9.17) is 0 Å². The summed E-state index contributed by atoms with van der Waals surface area (Å²) in [7, 11) is 0. The fourth-order valence-electron chi connectivity index (χ4n) is 7.06. The molecular formula is C48H36N8O2+2. The molecular weight excluding hydrogens is 721 g/mol. The Morgan fingerprint density at radius 3 is 1.36 bits per heavy atom. The monoisotopic (exact) mass is 756 g/mol. The SMILES string of the molecule is O=C(NN=Cc1ccc2c(ccc[n+]2Cc2ccccc2)c1)c1ccc2ccc3ccc(C(=O)NN=Cc4ccc5c(ccc[n+]5Cc5ccccc5)c4)nc3c2n1. The van der Waals surface area contributed by atoms with E-state index in [9.17, 15) is 9.59 Å². The highest BCUT2D eigenvalue weighted by molar-refractivity contribution is 6.06. The zero-order valence-corrected chi connectivity index (χ0v) is 31.2. The van der Waals surface area contributed by atoms with E-state index in [1.807, 2.05) is 84.9 Å². The lowest BCUT2D eigenvalue weighted by Gasteiger charge is -2.07. The second-order valence-corrected chi connectivity index (χ2v) is 13.9. The Morgan fingerprint density at radius 1 is 0.483 bits per heavy atom. The van der Waals surface area contributed by atoms with Crippen LogP contribution >= 0.6 is 0 Å². The zero-order valence-electron chi connectivity index (χ0n) is 31.2. The van der Waals surface area contributed by atoms with Gasteiger partial charge in [0.2, 0.25) is 11.0 Å². The summed E-state index contributed by atoms with van der Waals surface area (Å²) in [6, 6.07) is 51.6. The first-order valence-electron chi connectivity index (χ1n) is 18.8. The summed E-state index contributed by atoms with van der Waals surface area (Å²) in [5.74, 6) is -0.945. The Kier molecular flexibility index (Phi) is 9.86. The molecule has 10 nitrogen and oxygen atoms in total. The van der Waals surface area contributed by atoms with Crippen LogP contribution in [0.15, 0.2) is 180 Å². The highest BCUT2D eigenvalue weighted by Crippen LogP contribution is 2.23. The van der Waals surface area contributed by atoms with Crippen LogP contribution in [0, 0.1) is 0 Å². The highest BCUT2D eigenvalue weighted by Gasteiger charge is 2.15. The van der Waals surface area contributed by atoms with E-state index in [0.717, 1.165) is 56.8 Å². The maximum atomic E-state index is 13.2. The van der Waals surface area contributed by atoms with Crippen molar-refractivity contribution in [3.05, 3.63) is 204 Å². The molecule has 0 atom stereocenters. The molecule has 0 saturated heterocycles. The number of rotatable bonds is 10. The van der Waals surface area contributed by atoms with Gasteiger partial charge in [-0.15, -0.1) is 0 Å². The van der Waals surface area contributed by atoms with Crippen LogP contribution in [0.5, 0.6) is 0 Å². The second kappa shape index (κ2) is 16.0. The van der Waals surface area contributed by atoms with Gasteiger partial charge in [0, 0.05) is 56.9 Å². The number of carbonyl (C=O) groups excluding carboxylic acids is 2. The van der Waals surface area contributed by atoms with Crippen LogP contribution in [-0.2, 0) is 13.1 Å². The highest BCUT2D eigenvalue weighted by atomic mass is 16.2. The molecule has 278 valence electrons. The first-order valence-corrected chi connectivity index (χ1v) is 18.8. The van der Waals surface area contributed by atoms with Crippen molar-refractivity contribution >= 4 is 67.9 Å². The second-order valence-electron chi connectivity index (χ2n) is 13.9. The third kappa shape index (κ3) is 7.75. The van der Waals surface area contributed by atoms with Crippen molar-refractivity contribution in [3.8, 4) is 0 Å². The lowest BCUT2D eigenvalue weighted by Crippen LogP contribution is -2.34. The predicted molar refractivity (Wildman–Crippen MR) is 227 cm³/mol. The van der Waals surface area contributed by atoms with E-state index in [-0.39, 0.29) is 11.4 Å². The Hall–Kier alpha value is -7.98. The number of fused-ring (bicyclic) bond motifs is 5. The average molecular weight is 757 g/mol. The van der Waals surface area contributed by atoms with Gasteiger partial charge in [-0.2, -0.15) is 19.3 Å². The summed E-state index contributed by atoms with van der Waals surface area (Å²) in [6.07, 6.45) is 7.36. The molecule has 4 heterocycles. The lowest BCUT2D eigenvalue weighted by atomic mass is 10.1. The quantitative estimate of drug-likeness (QED) is 0.0660. The first-order chi connectivity index (χ1) is 28.5. The van der Waals surface area contributed by atoms with Crippen molar-refractivity contribution in [2.75, 3.05) is 0 Å². The van der Waals surface area contributed by atoms with Crippen LogP contribution in [-0.4, -0.2) is 34.2 Å². The maximum absolute atomic E-state index is 13.2. The minimum absolute atomic E-state index is 0.167. The molecule has 0 aliphatic heterocycles. The summed E-state index contributed by atoms with van der Waals surface area (Å²) in [5, 5.41) is 12.1. The number of hydrogen-bond donors (Lipinski definition) is 2. The standard InChI is InChI=1S/C48H34N8O2/c57-47(53-49-29-35-15-23-43-39(27-35)13-7-25-55(43)31-33-9-3-1-4-10-33)41-21-19-37-17-18-38-20-22-42(52-46(38)45(37)51-41)48(58)54-50-30-36-16-24-44-40(28-36)14-8-26-56(44)32-34-11-5-2-6-12-34/h1-30H,31-32H2/p+2. The molecule has 0 spiro atoms. The van der Waals surface area contributed by atoms with Gasteiger partial charge >= 0.3 is 0 Å². The normalized spacial score (nSPS) is 11.6. The van der Waals surface area contributed by atoms with Gasteiger partial charge in [-0.05, 0) is 59.7 Å². The predicted octanol–water partition coefficient (Wildman–Crippen LogP) is 7.29. The van der Waals surface area contributed by atoms with Gasteiger partial charge in [-0.1, -0.05) is 84.9 Å². The Balaban J connectivity index is 0.881. The molecule has 5 aromatic carbocycles. The van der Waals surface area contributed by atoms with Crippen molar-refractivity contribution in [1.82, 2.24) is 20.8 Å². The summed E-state index contributed by atoms with van der Waals surface area (Å²) in [5.41, 5.74) is 12.8. The molecule has 0 unspecified atom stereocenters. The number of nitrogens with zero attached hydrogens (tertiary/aromatic N) is 6. The van der Waals surface area contributed by atoms with E-state index in [1.54, 1.807) is 36.7 Å². The van der Waals surface area contributed by atoms with E-state index in [0.29, 0.717) is 11.0 Å². The number of aromatic nitrogens is 4. The molecule has 10 heteroatoms. The largest absolute Gasteiger partial charge is 0.289 e. The van der Waals surface area contributed by atoms with Crippen molar-refractivity contribution in [2.45, 2.75) is 13.1 Å². The summed E-state index contributed by atoms with van der Waals surface area (Å²) in [4.78, 5) is 35.8. The number of benzene rings is 5. The minimum Gasteiger partial charge on any atom is -0.266 e. The van der Waals surface area contributed by atoms with Crippen molar-refractivity contribution in [1.29, 1.82) is 0 Å². The molecule has 0 aliphatic carbocycles. The summed E-state index contributed by atoms with van der Waals surface area (Å²) >= 11 is 0. The van der Waals surface area contributed by atoms with Gasteiger partial charge in [0.15, 0.2) is 25.5 Å².